The van der Waals surface area contributed by atoms with E-state index in [4.69, 9.17) is 68.5 Å². The van der Waals surface area contributed by atoms with Gasteiger partial charge in [-0.05, 0) is 94.1 Å². The molecule has 7 amide bonds. The second-order valence-corrected chi connectivity index (χ2v) is 27.6. The number of nitrogens with one attached hydrogen (secondary N) is 1. The van der Waals surface area contributed by atoms with E-state index in [-0.39, 0.29) is 99.7 Å². The molecule has 2 fully saturated rings. The monoisotopic (exact) mass is 1320 g/mol. The Bertz CT molecular complexity index is 3490. The molecule has 30 heteroatoms. The second-order valence-electron chi connectivity index (χ2n) is 26.2. The molecule has 0 spiro atoms. The minimum absolute atomic E-state index is 0. The molecular weight excluding hydrogens is 1230 g/mol. The van der Waals surface area contributed by atoms with E-state index in [0.29, 0.717) is 56.4 Å². The van der Waals surface area contributed by atoms with Crippen LogP contribution >= 0.6 is 7.82 Å². The molecule has 1 aromatic heterocycles. The van der Waals surface area contributed by atoms with Gasteiger partial charge in [-0.15, -0.1) is 0 Å². The van der Waals surface area contributed by atoms with Crippen molar-refractivity contribution >= 4 is 77.3 Å². The van der Waals surface area contributed by atoms with E-state index in [1.54, 1.807) is 13.8 Å². The number of amides is 7. The molecule has 0 saturated carbocycles. The number of allylic oxidation sites excluding steroid dienone is 6. The number of phenolic OH excluding ortho intramolecular Hbond substituents is 1. The molecule has 8 bridgehead atoms. The van der Waals surface area contributed by atoms with Crippen LogP contribution in [0.15, 0.2) is 73.8 Å². The Morgan fingerprint density at radius 1 is 0.822 bits per heavy atom. The zero-order chi connectivity index (χ0) is 65.8. The van der Waals surface area contributed by atoms with E-state index >= 15 is 0 Å². The van der Waals surface area contributed by atoms with Crippen molar-refractivity contribution in [2.75, 3.05) is 13.2 Å². The van der Waals surface area contributed by atoms with Crippen molar-refractivity contribution in [1.29, 1.82) is 0 Å². The zero-order valence-corrected chi connectivity index (χ0v) is 54.0. The van der Waals surface area contributed by atoms with Gasteiger partial charge in [0.05, 0.1) is 41.3 Å². The fourth-order valence-electron chi connectivity index (χ4n) is 15.1. The van der Waals surface area contributed by atoms with Crippen molar-refractivity contribution < 1.29 is 88.9 Å². The van der Waals surface area contributed by atoms with Crippen molar-refractivity contribution in [3.63, 3.8) is 0 Å². The molecule has 2 saturated heterocycles. The van der Waals surface area contributed by atoms with Crippen molar-refractivity contribution in [1.82, 2.24) is 14.9 Å². The third-order valence-corrected chi connectivity index (χ3v) is 21.0. The third kappa shape index (κ3) is 13.5. The van der Waals surface area contributed by atoms with E-state index in [1.165, 1.54) is 36.0 Å². The van der Waals surface area contributed by atoms with Gasteiger partial charge < -0.3 is 83.6 Å². The van der Waals surface area contributed by atoms with Gasteiger partial charge in [-0.25, -0.2) is 4.98 Å². The number of primary amides is 6. The van der Waals surface area contributed by atoms with Gasteiger partial charge in [-0.1, -0.05) is 40.7 Å². The van der Waals surface area contributed by atoms with Crippen LogP contribution in [0.3, 0.4) is 0 Å². The summed E-state index contributed by atoms with van der Waals surface area (Å²) in [6.45, 7) is 15.0. The minimum atomic E-state index is -5.34. The second kappa shape index (κ2) is 26.5. The molecule has 495 valence electrons. The number of aliphatic imine (C=N–C) groups is 3. The maximum Gasteiger partial charge on any atom is 0.268 e. The molecule has 90 heavy (non-hydrogen) atoms. The number of nitrogens with zero attached hydrogens (tertiary/aromatic N) is 6. The first kappa shape index (κ1) is 70.8. The van der Waals surface area contributed by atoms with Gasteiger partial charge in [-0.2, -0.15) is 5.70 Å². The van der Waals surface area contributed by atoms with Gasteiger partial charge in [0.2, 0.25) is 41.4 Å². The quantitative estimate of drug-likeness (QED) is 0.0605. The summed E-state index contributed by atoms with van der Waals surface area (Å²) in [6, 6.07) is 3.22. The molecule has 0 aliphatic carbocycles. The summed E-state index contributed by atoms with van der Waals surface area (Å²) >= 11 is 0. The number of aliphatic hydroxyl groups excluding tert-OH is 2. The van der Waals surface area contributed by atoms with Crippen LogP contribution < -0.4 is 44.6 Å². The maximum absolute atomic E-state index is 14.3. The fourth-order valence-corrected chi connectivity index (χ4v) is 16.2. The summed E-state index contributed by atoms with van der Waals surface area (Å²) in [4.78, 5) is 127. The van der Waals surface area contributed by atoms with Gasteiger partial charge in [0.1, 0.15) is 24.1 Å². The van der Waals surface area contributed by atoms with Crippen LogP contribution in [0.2, 0.25) is 0 Å². The Labute approximate surface area is 531 Å². The summed E-state index contributed by atoms with van der Waals surface area (Å²) in [7, 11) is -5.34. The fraction of sp³-hybridized carbons (Fsp3) is 0.617. The average molecular weight is 1320 g/mol. The number of phosphoric ester groups is 1. The number of carbonyl (C=O) groups is 7. The Balaban J connectivity index is 0.0000115. The molecule has 1 unspecified atom stereocenters. The number of hydrogen-bond donors (Lipinski definition) is 10. The van der Waals surface area contributed by atoms with E-state index in [0.717, 1.165) is 0 Å². The number of aliphatic hydroxyl groups is 2. The van der Waals surface area contributed by atoms with Gasteiger partial charge in [0, 0.05) is 131 Å². The molecule has 28 nitrogen and oxygen atoms in total. The van der Waals surface area contributed by atoms with E-state index in [1.807, 2.05) is 47.6 Å². The molecule has 8 rings (SSSR count). The first-order valence-electron chi connectivity index (χ1n) is 29.8. The van der Waals surface area contributed by atoms with Crippen LogP contribution in [0.5, 0.6) is 5.75 Å². The number of ether oxygens (including phenoxy) is 1. The summed E-state index contributed by atoms with van der Waals surface area (Å²) in [5.41, 5.74) is 34.2. The van der Waals surface area contributed by atoms with Crippen molar-refractivity contribution in [2.45, 2.75) is 175 Å². The number of nitrogens with two attached hydrogens (primary N) is 6. The zero-order valence-electron chi connectivity index (χ0n) is 52.0. The molecule has 6 aliphatic rings. The first-order chi connectivity index (χ1) is 41.4. The Morgan fingerprint density at radius 3 is 2.02 bits per heavy atom. The van der Waals surface area contributed by atoms with Crippen LogP contribution in [0.4, 0.5) is 0 Å². The first-order valence-corrected chi connectivity index (χ1v) is 31.3. The van der Waals surface area contributed by atoms with Crippen LogP contribution in [-0.4, -0.2) is 133 Å². The number of fused-ring (bicyclic) bond motifs is 7. The summed E-state index contributed by atoms with van der Waals surface area (Å²) < 4.78 is 31.5. The topological polar surface area (TPSA) is 485 Å². The minimum Gasteiger partial charge on any atom is -0.756 e. The Hall–Kier alpha value is -6.69. The molecule has 2 aromatic rings. The number of imidazole rings is 1. The van der Waals surface area contributed by atoms with Crippen LogP contribution in [0, 0.1) is 45.3 Å². The maximum atomic E-state index is 14.3. The number of hydrogen-bond acceptors (Lipinski definition) is 19. The molecular formula is C60H84CoN13O15P-2. The third-order valence-electron chi connectivity index (χ3n) is 19.8. The Morgan fingerprint density at radius 2 is 1.43 bits per heavy atom. The molecule has 16 N–H and O–H groups in total. The van der Waals surface area contributed by atoms with Crippen LogP contribution in [-0.2, 0) is 68.7 Å². The van der Waals surface area contributed by atoms with E-state index in [9.17, 15) is 58.3 Å². The standard InChI is InChI=1S/C60H86N13O15P.Co/c1-28(87-89(84,85)88-51-39(26-74)86-55(50(51)83)73-27-68-37-20-31(75)10-14-38(37)73)25-67-47(82)18-19-57(6)35(21-44(64)79)54-60(9)59(8,24-46(66)81)34(13-17-43(63)78)49(72-60)30(3)53-58(7,23-45(65)80)32(11-15-41(61)76)36(69-53)22-40-56(4,5)33(12-16-42(62)77)48(70-40)29(2)52(57)71-54;/h10,14,20,22,27-28,32-35,39,50-51,54-55,74,83H,11-13,15-19,21,23-26H2,1-9H3,(H16,61,62,63,64,65,66,67,69,70,71,72,75,76,77,78,79,80,81,82,84,85);/p-2/t28-,32-,33-,34-,35+,39-,50-,51-,54-,55+,57-,58+,59+,60+;/m1./s1. The summed E-state index contributed by atoms with van der Waals surface area (Å²) in [6.07, 6.45) is -5.25. The van der Waals surface area contributed by atoms with Crippen molar-refractivity contribution in [2.24, 2.45) is 94.7 Å². The summed E-state index contributed by atoms with van der Waals surface area (Å²) in [5, 5.41) is 39.8. The SMILES string of the molecule is CC1=C2[N-][C@H]([C@H](CC(N)=O)[C@@]2(C)CCC(=O)NC[C@@H](C)OP(=O)([O-])O[C@H]2[C@@H](O)[C@@H](n3cnc4cc(O)ccc43)O[C@@H]2CO)[C@]2(C)N=C(C(C)=C3N=C(C=C4N=C1[C@@H](CCC(N)=O)C4(C)C)[C@@H](CCC(N)=O)[C@]3(C)CC(N)=O)[C@@H](CCC(N)=O)[C@]2(C)CC(N)=O.[Co]. The van der Waals surface area contributed by atoms with Gasteiger partial charge in [0.15, 0.2) is 6.23 Å². The van der Waals surface area contributed by atoms with Gasteiger partial charge >= 0.3 is 0 Å². The van der Waals surface area contributed by atoms with Crippen molar-refractivity contribution in [3.8, 4) is 5.75 Å². The molecule has 7 heterocycles. The predicted octanol–water partition coefficient (Wildman–Crippen LogP) is 2.40. The summed E-state index contributed by atoms with van der Waals surface area (Å²) in [5.74, 6) is -7.55. The predicted molar refractivity (Wildman–Crippen MR) is 324 cm³/mol. The molecule has 1 aromatic carbocycles. The number of carbonyl (C=O) groups excluding carboxylic acids is 7. The van der Waals surface area contributed by atoms with Crippen LogP contribution in [0.25, 0.3) is 16.4 Å². The Kier molecular flexibility index (Phi) is 20.8. The van der Waals surface area contributed by atoms with Gasteiger partial charge in [-0.3, -0.25) is 53.1 Å². The molecule has 1 radical (unpaired) electrons. The number of phosphoric acid groups is 1. The van der Waals surface area contributed by atoms with E-state index < -0.39 is 143 Å². The average Bonchev–Trinajstić information content (AvgIpc) is 1.53. The molecule has 15 atom stereocenters. The number of aromatic hydroxyl groups is 1. The number of benzene rings is 1. The largest absolute Gasteiger partial charge is 0.756 e. The number of phenols is 1. The van der Waals surface area contributed by atoms with E-state index in [2.05, 4.69) is 10.3 Å². The van der Waals surface area contributed by atoms with Crippen molar-refractivity contribution in [3.05, 3.63) is 64.2 Å². The normalized spacial score (nSPS) is 31.9. The van der Waals surface area contributed by atoms with Crippen LogP contribution in [0.1, 0.15) is 139 Å². The van der Waals surface area contributed by atoms with Gasteiger partial charge in [0.25, 0.3) is 7.82 Å². The number of rotatable bonds is 26. The molecule has 6 aliphatic heterocycles. The smallest absolute Gasteiger partial charge is 0.268 e. The number of aromatic nitrogens is 2.